The quantitative estimate of drug-likeness (QED) is 0.702. The molecule has 1 saturated carbocycles. The van der Waals surface area contributed by atoms with E-state index in [1.807, 2.05) is 0 Å². The Balaban J connectivity index is 2.58. The highest BCUT2D eigenvalue weighted by molar-refractivity contribution is 4.93. The number of rotatable bonds is 6. The summed E-state index contributed by atoms with van der Waals surface area (Å²) in [6.45, 7) is 5.30. The number of nitrogens with two attached hydrogens (primary N) is 1. The third-order valence-corrected chi connectivity index (χ3v) is 3.80. The predicted octanol–water partition coefficient (Wildman–Crippen LogP) is 1.35. The van der Waals surface area contributed by atoms with Gasteiger partial charge < -0.3 is 10.8 Å². The molecule has 0 aromatic carbocycles. The first-order valence-corrected chi connectivity index (χ1v) is 6.35. The third-order valence-electron chi connectivity index (χ3n) is 3.80. The molecule has 0 aliphatic heterocycles. The highest BCUT2D eigenvalue weighted by Crippen LogP contribution is 2.32. The van der Waals surface area contributed by atoms with Gasteiger partial charge in [-0.05, 0) is 25.8 Å². The van der Waals surface area contributed by atoms with Crippen molar-refractivity contribution in [2.75, 3.05) is 26.2 Å². The van der Waals surface area contributed by atoms with E-state index in [2.05, 4.69) is 11.8 Å². The van der Waals surface area contributed by atoms with E-state index in [0.29, 0.717) is 0 Å². The lowest BCUT2D eigenvalue weighted by Crippen LogP contribution is -2.55. The summed E-state index contributed by atoms with van der Waals surface area (Å²) < 4.78 is 0. The fourth-order valence-corrected chi connectivity index (χ4v) is 2.85. The van der Waals surface area contributed by atoms with Crippen LogP contribution in [0.4, 0.5) is 0 Å². The summed E-state index contributed by atoms with van der Waals surface area (Å²) in [5, 5.41) is 8.91. The molecule has 0 amide bonds. The largest absolute Gasteiger partial charge is 0.396 e. The minimum atomic E-state index is 0.238. The fourth-order valence-electron chi connectivity index (χ4n) is 2.85. The smallest absolute Gasteiger partial charge is 0.0443 e. The summed E-state index contributed by atoms with van der Waals surface area (Å²) in [6, 6.07) is 0. The second-order valence-corrected chi connectivity index (χ2v) is 4.65. The zero-order valence-corrected chi connectivity index (χ0v) is 10.0. The second-order valence-electron chi connectivity index (χ2n) is 4.65. The Labute approximate surface area is 93.6 Å². The van der Waals surface area contributed by atoms with Crippen molar-refractivity contribution >= 4 is 0 Å². The third kappa shape index (κ3) is 3.16. The molecule has 1 rings (SSSR count). The zero-order chi connectivity index (χ0) is 11.1. The first-order valence-electron chi connectivity index (χ1n) is 6.35. The highest BCUT2D eigenvalue weighted by atomic mass is 16.3. The standard InChI is InChI=1S/C12H26N2O/c1-2-14(9-6-10-15)12(11-13)7-4-3-5-8-12/h15H,2-11,13H2,1H3. The van der Waals surface area contributed by atoms with Crippen LogP contribution in [-0.2, 0) is 0 Å². The Hall–Kier alpha value is -0.120. The van der Waals surface area contributed by atoms with Gasteiger partial charge in [0.05, 0.1) is 0 Å². The summed E-state index contributed by atoms with van der Waals surface area (Å²) in [7, 11) is 0. The van der Waals surface area contributed by atoms with Crippen LogP contribution in [0.1, 0.15) is 45.4 Å². The zero-order valence-electron chi connectivity index (χ0n) is 10.0. The molecule has 0 atom stereocenters. The van der Waals surface area contributed by atoms with Crippen molar-refractivity contribution in [3.8, 4) is 0 Å². The van der Waals surface area contributed by atoms with Gasteiger partial charge in [-0.3, -0.25) is 4.90 Å². The van der Waals surface area contributed by atoms with Crippen molar-refractivity contribution in [3.63, 3.8) is 0 Å². The molecule has 1 aliphatic rings. The Morgan fingerprint density at radius 2 is 1.93 bits per heavy atom. The van der Waals surface area contributed by atoms with E-state index in [-0.39, 0.29) is 12.1 Å². The molecule has 3 N–H and O–H groups in total. The number of hydrogen-bond donors (Lipinski definition) is 2. The Kier molecular flexibility index (Phi) is 5.58. The van der Waals surface area contributed by atoms with E-state index in [1.165, 1.54) is 32.1 Å². The minimum Gasteiger partial charge on any atom is -0.396 e. The van der Waals surface area contributed by atoms with E-state index in [4.69, 9.17) is 10.8 Å². The molecular formula is C12H26N2O. The van der Waals surface area contributed by atoms with Gasteiger partial charge in [0, 0.05) is 25.2 Å². The predicted molar refractivity (Wildman–Crippen MR) is 63.8 cm³/mol. The lowest BCUT2D eigenvalue weighted by Gasteiger charge is -2.45. The van der Waals surface area contributed by atoms with E-state index in [0.717, 1.165) is 26.1 Å². The molecule has 0 aromatic rings. The van der Waals surface area contributed by atoms with Gasteiger partial charge in [-0.25, -0.2) is 0 Å². The SMILES string of the molecule is CCN(CCCO)C1(CN)CCCCC1. The van der Waals surface area contributed by atoms with Crippen LogP contribution >= 0.6 is 0 Å². The molecule has 3 nitrogen and oxygen atoms in total. The van der Waals surface area contributed by atoms with Crippen molar-refractivity contribution in [1.29, 1.82) is 0 Å². The average molecular weight is 214 g/mol. The Bertz CT molecular complexity index is 167. The van der Waals surface area contributed by atoms with Gasteiger partial charge in [-0.2, -0.15) is 0 Å². The van der Waals surface area contributed by atoms with Crippen molar-refractivity contribution in [2.24, 2.45) is 5.73 Å². The molecule has 0 radical (unpaired) electrons. The first-order chi connectivity index (χ1) is 7.29. The number of aliphatic hydroxyl groups excluding tert-OH is 1. The molecule has 0 heterocycles. The van der Waals surface area contributed by atoms with E-state index in [1.54, 1.807) is 0 Å². The van der Waals surface area contributed by atoms with E-state index >= 15 is 0 Å². The van der Waals surface area contributed by atoms with Crippen LogP contribution in [0, 0.1) is 0 Å². The van der Waals surface area contributed by atoms with Gasteiger partial charge in [-0.15, -0.1) is 0 Å². The maximum atomic E-state index is 8.91. The topological polar surface area (TPSA) is 49.5 Å². The van der Waals surface area contributed by atoms with Gasteiger partial charge in [0.15, 0.2) is 0 Å². The van der Waals surface area contributed by atoms with E-state index in [9.17, 15) is 0 Å². The second kappa shape index (κ2) is 6.46. The van der Waals surface area contributed by atoms with Gasteiger partial charge in [-0.1, -0.05) is 26.2 Å². The van der Waals surface area contributed by atoms with Crippen molar-refractivity contribution in [1.82, 2.24) is 4.90 Å². The molecular weight excluding hydrogens is 188 g/mol. The lowest BCUT2D eigenvalue weighted by molar-refractivity contribution is 0.0561. The van der Waals surface area contributed by atoms with Gasteiger partial charge in [0.2, 0.25) is 0 Å². The van der Waals surface area contributed by atoms with Crippen LogP contribution < -0.4 is 5.73 Å². The molecule has 0 unspecified atom stereocenters. The molecule has 90 valence electrons. The summed E-state index contributed by atoms with van der Waals surface area (Å²) in [5.41, 5.74) is 6.22. The minimum absolute atomic E-state index is 0.238. The summed E-state index contributed by atoms with van der Waals surface area (Å²) in [6.07, 6.45) is 7.33. The molecule has 0 aromatic heterocycles. The summed E-state index contributed by atoms with van der Waals surface area (Å²) in [5.74, 6) is 0. The maximum Gasteiger partial charge on any atom is 0.0443 e. The normalized spacial score (nSPS) is 20.8. The van der Waals surface area contributed by atoms with Gasteiger partial charge >= 0.3 is 0 Å². The fraction of sp³-hybridized carbons (Fsp3) is 1.00. The Morgan fingerprint density at radius 1 is 1.27 bits per heavy atom. The van der Waals surface area contributed by atoms with Crippen molar-refractivity contribution in [2.45, 2.75) is 51.0 Å². The molecule has 15 heavy (non-hydrogen) atoms. The molecule has 0 bridgehead atoms. The number of nitrogens with zero attached hydrogens (tertiary/aromatic N) is 1. The van der Waals surface area contributed by atoms with Crippen LogP contribution in [0.5, 0.6) is 0 Å². The Morgan fingerprint density at radius 3 is 2.40 bits per heavy atom. The average Bonchev–Trinajstić information content (AvgIpc) is 2.31. The molecule has 3 heteroatoms. The van der Waals surface area contributed by atoms with Crippen LogP contribution in [0.15, 0.2) is 0 Å². The molecule has 1 aliphatic carbocycles. The summed E-state index contributed by atoms with van der Waals surface area (Å²) >= 11 is 0. The highest BCUT2D eigenvalue weighted by Gasteiger charge is 2.35. The monoisotopic (exact) mass is 214 g/mol. The molecule has 0 spiro atoms. The summed E-state index contributed by atoms with van der Waals surface area (Å²) in [4.78, 5) is 2.49. The van der Waals surface area contributed by atoms with Crippen molar-refractivity contribution < 1.29 is 5.11 Å². The van der Waals surface area contributed by atoms with Crippen LogP contribution in [0.3, 0.4) is 0 Å². The number of hydrogen-bond acceptors (Lipinski definition) is 3. The number of aliphatic hydroxyl groups is 1. The lowest BCUT2D eigenvalue weighted by atomic mass is 9.80. The van der Waals surface area contributed by atoms with Crippen molar-refractivity contribution in [3.05, 3.63) is 0 Å². The maximum absolute atomic E-state index is 8.91. The van der Waals surface area contributed by atoms with Crippen LogP contribution in [-0.4, -0.2) is 41.8 Å². The van der Waals surface area contributed by atoms with Gasteiger partial charge in [0.1, 0.15) is 0 Å². The molecule has 0 saturated heterocycles. The van der Waals surface area contributed by atoms with E-state index < -0.39 is 0 Å². The van der Waals surface area contributed by atoms with Crippen LogP contribution in [0.2, 0.25) is 0 Å². The van der Waals surface area contributed by atoms with Crippen LogP contribution in [0.25, 0.3) is 0 Å². The first kappa shape index (κ1) is 12.9. The van der Waals surface area contributed by atoms with Gasteiger partial charge in [0.25, 0.3) is 0 Å². The number of likely N-dealkylation sites (N-methyl/N-ethyl adjacent to an activating group) is 1. The molecule has 1 fully saturated rings.